The fraction of sp³-hybridized carbons (Fsp3) is 0.647. The van der Waals surface area contributed by atoms with E-state index in [-0.39, 0.29) is 18.6 Å². The van der Waals surface area contributed by atoms with Gasteiger partial charge in [0.05, 0.1) is 12.5 Å². The summed E-state index contributed by atoms with van der Waals surface area (Å²) < 4.78 is 0. The van der Waals surface area contributed by atoms with Crippen LogP contribution in [0.2, 0.25) is 0 Å². The SMILES string of the molecule is NC(=O)CCC(NC(=O)C1CCCN1)C(=O)NC(CC(=O)O)C(=O)NC(CS)C(=O)O. The van der Waals surface area contributed by atoms with Gasteiger partial charge in [-0.2, -0.15) is 12.6 Å². The minimum absolute atomic E-state index is 0.171. The minimum atomic E-state index is -1.62. The fourth-order valence-corrected chi connectivity index (χ4v) is 3.10. The Bertz CT molecular complexity index is 713. The average molecular weight is 461 g/mol. The molecule has 1 heterocycles. The molecule has 8 N–H and O–H groups in total. The quantitative estimate of drug-likeness (QED) is 0.130. The van der Waals surface area contributed by atoms with Crippen molar-refractivity contribution in [3.05, 3.63) is 0 Å². The third kappa shape index (κ3) is 9.21. The lowest BCUT2D eigenvalue weighted by Gasteiger charge is -2.24. The molecular weight excluding hydrogens is 434 g/mol. The van der Waals surface area contributed by atoms with Gasteiger partial charge in [-0.25, -0.2) is 4.79 Å². The monoisotopic (exact) mass is 461 g/mol. The van der Waals surface area contributed by atoms with Crippen LogP contribution in [0.1, 0.15) is 32.1 Å². The summed E-state index contributed by atoms with van der Waals surface area (Å²) >= 11 is 3.80. The topological polar surface area (TPSA) is 217 Å². The molecule has 174 valence electrons. The molecule has 1 fully saturated rings. The van der Waals surface area contributed by atoms with Crippen molar-refractivity contribution in [2.45, 2.75) is 56.3 Å². The summed E-state index contributed by atoms with van der Waals surface area (Å²) in [6.07, 6.45) is 0.0763. The number of carboxylic acid groups (broad SMARTS) is 2. The van der Waals surface area contributed by atoms with E-state index in [4.69, 9.17) is 15.9 Å². The number of thiol groups is 1. The van der Waals surface area contributed by atoms with E-state index in [1.807, 2.05) is 0 Å². The number of aliphatic carboxylic acids is 2. The first kappa shape index (κ1) is 26.2. The zero-order valence-corrected chi connectivity index (χ0v) is 17.5. The molecule has 0 saturated carbocycles. The molecule has 0 spiro atoms. The summed E-state index contributed by atoms with van der Waals surface area (Å²) in [6.45, 7) is 0.632. The van der Waals surface area contributed by atoms with Crippen LogP contribution in [-0.4, -0.2) is 82.2 Å². The Morgan fingerprint density at radius 2 is 1.61 bits per heavy atom. The first-order valence-corrected chi connectivity index (χ1v) is 10.2. The molecule has 0 aromatic carbocycles. The number of carbonyl (C=O) groups excluding carboxylic acids is 4. The Balaban J connectivity index is 2.91. The Kier molecular flexibility index (Phi) is 10.8. The number of hydrogen-bond donors (Lipinski definition) is 8. The second-order valence-electron chi connectivity index (χ2n) is 6.96. The molecule has 1 aliphatic heterocycles. The number of nitrogens with one attached hydrogen (secondary N) is 4. The fourth-order valence-electron chi connectivity index (χ4n) is 2.85. The number of amides is 4. The lowest BCUT2D eigenvalue weighted by atomic mass is 10.1. The van der Waals surface area contributed by atoms with Crippen molar-refractivity contribution < 1.29 is 39.0 Å². The van der Waals surface area contributed by atoms with E-state index in [1.54, 1.807) is 0 Å². The lowest BCUT2D eigenvalue weighted by Crippen LogP contribution is -2.57. The van der Waals surface area contributed by atoms with Crippen molar-refractivity contribution in [3.8, 4) is 0 Å². The zero-order chi connectivity index (χ0) is 23.6. The molecular formula is C17H27N5O8S. The smallest absolute Gasteiger partial charge is 0.327 e. The molecule has 0 aromatic heterocycles. The molecule has 13 nitrogen and oxygen atoms in total. The second-order valence-corrected chi connectivity index (χ2v) is 7.32. The maximum atomic E-state index is 12.7. The van der Waals surface area contributed by atoms with Crippen LogP contribution in [-0.2, 0) is 28.8 Å². The summed E-state index contributed by atoms with van der Waals surface area (Å²) in [5, 5.41) is 27.8. The number of rotatable bonds is 13. The predicted molar refractivity (Wildman–Crippen MR) is 109 cm³/mol. The summed E-state index contributed by atoms with van der Waals surface area (Å²) in [4.78, 5) is 70.7. The first-order valence-electron chi connectivity index (χ1n) is 9.53. The van der Waals surface area contributed by atoms with Crippen LogP contribution in [0.3, 0.4) is 0 Å². The van der Waals surface area contributed by atoms with E-state index < -0.39 is 66.2 Å². The summed E-state index contributed by atoms with van der Waals surface area (Å²) in [5.41, 5.74) is 5.11. The van der Waals surface area contributed by atoms with Crippen LogP contribution in [0.4, 0.5) is 0 Å². The lowest BCUT2D eigenvalue weighted by molar-refractivity contribution is -0.143. The normalized spacial score (nSPS) is 18.3. The van der Waals surface area contributed by atoms with Gasteiger partial charge in [-0.1, -0.05) is 0 Å². The second kappa shape index (κ2) is 12.7. The van der Waals surface area contributed by atoms with E-state index in [0.29, 0.717) is 13.0 Å². The van der Waals surface area contributed by atoms with Crippen molar-refractivity contribution in [1.82, 2.24) is 21.3 Å². The molecule has 0 bridgehead atoms. The van der Waals surface area contributed by atoms with Crippen LogP contribution < -0.4 is 27.0 Å². The highest BCUT2D eigenvalue weighted by atomic mass is 32.1. The first-order chi connectivity index (χ1) is 14.5. The van der Waals surface area contributed by atoms with E-state index in [1.165, 1.54) is 0 Å². The zero-order valence-electron chi connectivity index (χ0n) is 16.6. The van der Waals surface area contributed by atoms with Gasteiger partial charge >= 0.3 is 11.9 Å². The highest BCUT2D eigenvalue weighted by Gasteiger charge is 2.32. The van der Waals surface area contributed by atoms with Crippen molar-refractivity contribution in [1.29, 1.82) is 0 Å². The Morgan fingerprint density at radius 1 is 1.00 bits per heavy atom. The van der Waals surface area contributed by atoms with Gasteiger partial charge in [0.2, 0.25) is 23.6 Å². The third-order valence-electron chi connectivity index (χ3n) is 4.50. The molecule has 31 heavy (non-hydrogen) atoms. The van der Waals surface area contributed by atoms with E-state index in [9.17, 15) is 28.8 Å². The number of carbonyl (C=O) groups is 6. The van der Waals surface area contributed by atoms with Gasteiger partial charge in [-0.3, -0.25) is 24.0 Å². The number of nitrogens with two attached hydrogens (primary N) is 1. The van der Waals surface area contributed by atoms with E-state index in [0.717, 1.165) is 6.42 Å². The van der Waals surface area contributed by atoms with E-state index >= 15 is 0 Å². The van der Waals surface area contributed by atoms with Gasteiger partial charge in [0.15, 0.2) is 0 Å². The van der Waals surface area contributed by atoms with Gasteiger partial charge in [0.1, 0.15) is 18.1 Å². The number of primary amides is 1. The molecule has 1 saturated heterocycles. The standard InChI is InChI=1S/C17H27N5O8S/c18-12(23)4-3-9(20-14(26)8-2-1-5-19-8)15(27)21-10(6-13(24)25)16(28)22-11(7-31)17(29)30/h8-11,19,31H,1-7H2,(H2,18,23)(H,20,26)(H,21,27)(H,22,28)(H,24,25)(H,29,30). The molecule has 1 aliphatic rings. The number of carboxylic acids is 2. The Labute approximate surface area is 183 Å². The Hall–Kier alpha value is -2.87. The van der Waals surface area contributed by atoms with Gasteiger partial charge in [-0.15, -0.1) is 0 Å². The average Bonchev–Trinajstić information content (AvgIpc) is 3.22. The molecule has 0 aliphatic carbocycles. The highest BCUT2D eigenvalue weighted by Crippen LogP contribution is 2.07. The van der Waals surface area contributed by atoms with Crippen molar-refractivity contribution in [2.75, 3.05) is 12.3 Å². The molecule has 14 heteroatoms. The van der Waals surface area contributed by atoms with Gasteiger partial charge in [0, 0.05) is 12.2 Å². The molecule has 4 unspecified atom stereocenters. The van der Waals surface area contributed by atoms with Crippen molar-refractivity contribution in [3.63, 3.8) is 0 Å². The Morgan fingerprint density at radius 3 is 2.10 bits per heavy atom. The maximum Gasteiger partial charge on any atom is 0.327 e. The van der Waals surface area contributed by atoms with Crippen LogP contribution >= 0.6 is 12.6 Å². The number of hydrogen-bond acceptors (Lipinski definition) is 8. The largest absolute Gasteiger partial charge is 0.481 e. The molecule has 0 radical (unpaired) electrons. The van der Waals surface area contributed by atoms with Gasteiger partial charge < -0.3 is 37.2 Å². The van der Waals surface area contributed by atoms with Gasteiger partial charge in [-0.05, 0) is 25.8 Å². The van der Waals surface area contributed by atoms with Crippen LogP contribution in [0.25, 0.3) is 0 Å². The van der Waals surface area contributed by atoms with Crippen molar-refractivity contribution >= 4 is 48.2 Å². The van der Waals surface area contributed by atoms with Crippen LogP contribution in [0.5, 0.6) is 0 Å². The molecule has 1 rings (SSSR count). The van der Waals surface area contributed by atoms with E-state index in [2.05, 4.69) is 33.9 Å². The molecule has 4 amide bonds. The minimum Gasteiger partial charge on any atom is -0.481 e. The predicted octanol–water partition coefficient (Wildman–Crippen LogP) is -3.05. The summed E-state index contributed by atoms with van der Waals surface area (Å²) in [7, 11) is 0. The van der Waals surface area contributed by atoms with Crippen molar-refractivity contribution in [2.24, 2.45) is 5.73 Å². The van der Waals surface area contributed by atoms with Gasteiger partial charge in [0.25, 0.3) is 0 Å². The van der Waals surface area contributed by atoms with Crippen LogP contribution in [0.15, 0.2) is 0 Å². The third-order valence-corrected chi connectivity index (χ3v) is 4.86. The highest BCUT2D eigenvalue weighted by molar-refractivity contribution is 7.80. The maximum absolute atomic E-state index is 12.7. The molecule has 4 atom stereocenters. The molecule has 0 aromatic rings. The summed E-state index contributed by atoms with van der Waals surface area (Å²) in [5.74, 6) is -6.24. The van der Waals surface area contributed by atoms with Crippen LogP contribution in [0, 0.1) is 0 Å². The summed E-state index contributed by atoms with van der Waals surface area (Å²) in [6, 6.07) is -4.80.